The molecule has 0 amide bonds. The van der Waals surface area contributed by atoms with E-state index in [1.54, 1.807) is 24.3 Å². The van der Waals surface area contributed by atoms with Gasteiger partial charge >= 0.3 is 0 Å². The van der Waals surface area contributed by atoms with Crippen molar-refractivity contribution in [3.8, 4) is 11.4 Å². The molecule has 0 aliphatic carbocycles. The number of imidazole rings is 1. The van der Waals surface area contributed by atoms with E-state index in [0.29, 0.717) is 0 Å². The van der Waals surface area contributed by atoms with Gasteiger partial charge in [-0.15, -0.1) is 0 Å². The third kappa shape index (κ3) is 3.20. The Morgan fingerprint density at radius 3 is 2.50 bits per heavy atom. The van der Waals surface area contributed by atoms with Crippen LogP contribution in [0.4, 0.5) is 5.69 Å². The molecular formula is C20H22N4O2. The van der Waals surface area contributed by atoms with Crippen molar-refractivity contribution < 1.29 is 4.92 Å². The zero-order chi connectivity index (χ0) is 18.1. The normalized spacial score (nSPS) is 15.4. The molecule has 2 aromatic carbocycles. The number of hydrogen-bond donors (Lipinski definition) is 0. The quantitative estimate of drug-likeness (QED) is 0.518. The maximum Gasteiger partial charge on any atom is 0.269 e. The van der Waals surface area contributed by atoms with Gasteiger partial charge in [-0.3, -0.25) is 15.0 Å². The number of non-ortho nitro benzene ring substituents is 1. The van der Waals surface area contributed by atoms with E-state index in [-0.39, 0.29) is 10.6 Å². The van der Waals surface area contributed by atoms with E-state index in [1.807, 2.05) is 0 Å². The van der Waals surface area contributed by atoms with Crippen molar-refractivity contribution in [2.45, 2.75) is 32.9 Å². The molecule has 2 heterocycles. The third-order valence-corrected chi connectivity index (χ3v) is 5.03. The number of aryl methyl sites for hydroxylation is 1. The predicted octanol–water partition coefficient (Wildman–Crippen LogP) is 4.36. The minimum atomic E-state index is -0.371. The molecule has 0 saturated carbocycles. The summed E-state index contributed by atoms with van der Waals surface area (Å²) in [6, 6.07) is 13.0. The van der Waals surface area contributed by atoms with Crippen LogP contribution in [0, 0.1) is 17.0 Å². The van der Waals surface area contributed by atoms with E-state index in [9.17, 15) is 10.1 Å². The summed E-state index contributed by atoms with van der Waals surface area (Å²) < 4.78 is 2.24. The highest BCUT2D eigenvalue weighted by atomic mass is 16.6. The zero-order valence-electron chi connectivity index (χ0n) is 14.9. The minimum absolute atomic E-state index is 0.100. The molecule has 4 rings (SSSR count). The van der Waals surface area contributed by atoms with Gasteiger partial charge < -0.3 is 4.57 Å². The van der Waals surface area contributed by atoms with Crippen LogP contribution >= 0.6 is 0 Å². The van der Waals surface area contributed by atoms with Crippen LogP contribution in [0.5, 0.6) is 0 Å². The number of fused-ring (bicyclic) bond motifs is 1. The van der Waals surface area contributed by atoms with Crippen molar-refractivity contribution in [3.63, 3.8) is 0 Å². The first-order valence-corrected chi connectivity index (χ1v) is 9.06. The van der Waals surface area contributed by atoms with Gasteiger partial charge in [0.15, 0.2) is 0 Å². The fourth-order valence-corrected chi connectivity index (χ4v) is 3.64. The molecule has 1 saturated heterocycles. The molecule has 3 aromatic rings. The number of rotatable bonds is 4. The van der Waals surface area contributed by atoms with Gasteiger partial charge in [0.2, 0.25) is 0 Å². The second-order valence-electron chi connectivity index (χ2n) is 6.98. The molecule has 0 unspecified atom stereocenters. The van der Waals surface area contributed by atoms with Gasteiger partial charge in [-0.1, -0.05) is 12.5 Å². The van der Waals surface area contributed by atoms with E-state index >= 15 is 0 Å². The summed E-state index contributed by atoms with van der Waals surface area (Å²) in [5.41, 5.74) is 4.25. The highest BCUT2D eigenvalue weighted by Crippen LogP contribution is 2.28. The van der Waals surface area contributed by atoms with Crippen LogP contribution in [0.2, 0.25) is 0 Å². The van der Waals surface area contributed by atoms with Crippen molar-refractivity contribution in [3.05, 3.63) is 58.1 Å². The molecule has 26 heavy (non-hydrogen) atoms. The Bertz CT molecular complexity index is 940. The summed E-state index contributed by atoms with van der Waals surface area (Å²) in [5.74, 6) is 0.867. The van der Waals surface area contributed by atoms with Crippen molar-refractivity contribution in [1.82, 2.24) is 14.5 Å². The molecule has 6 nitrogen and oxygen atoms in total. The van der Waals surface area contributed by atoms with E-state index < -0.39 is 0 Å². The monoisotopic (exact) mass is 350 g/mol. The molecular weight excluding hydrogens is 328 g/mol. The number of likely N-dealkylation sites (tertiary alicyclic amines) is 1. The summed E-state index contributed by atoms with van der Waals surface area (Å²) in [6.45, 7) is 5.07. The van der Waals surface area contributed by atoms with Crippen LogP contribution in [-0.4, -0.2) is 32.5 Å². The molecule has 1 fully saturated rings. The van der Waals surface area contributed by atoms with Gasteiger partial charge in [-0.2, -0.15) is 0 Å². The SMILES string of the molecule is Cc1ccc2c(c1)nc(-c1ccc([N+](=O)[O-])cc1)n2CN1CCCCC1. The molecule has 0 radical (unpaired) electrons. The Balaban J connectivity index is 1.78. The van der Waals surface area contributed by atoms with Crippen LogP contribution in [0.3, 0.4) is 0 Å². The fraction of sp³-hybridized carbons (Fsp3) is 0.350. The van der Waals surface area contributed by atoms with Gasteiger partial charge in [0.1, 0.15) is 5.82 Å². The average molecular weight is 350 g/mol. The fourth-order valence-electron chi connectivity index (χ4n) is 3.64. The van der Waals surface area contributed by atoms with Crippen molar-refractivity contribution in [2.75, 3.05) is 13.1 Å². The average Bonchev–Trinajstić information content (AvgIpc) is 3.00. The maximum atomic E-state index is 10.9. The van der Waals surface area contributed by atoms with Crippen LogP contribution in [0.15, 0.2) is 42.5 Å². The number of nitro groups is 1. The van der Waals surface area contributed by atoms with Crippen LogP contribution in [-0.2, 0) is 6.67 Å². The second-order valence-corrected chi connectivity index (χ2v) is 6.98. The van der Waals surface area contributed by atoms with Crippen molar-refractivity contribution >= 4 is 16.7 Å². The van der Waals surface area contributed by atoms with Gasteiger partial charge in [0, 0.05) is 17.7 Å². The number of nitrogens with zero attached hydrogens (tertiary/aromatic N) is 4. The molecule has 1 aliphatic rings. The van der Waals surface area contributed by atoms with E-state index in [4.69, 9.17) is 4.98 Å². The van der Waals surface area contributed by atoms with Crippen molar-refractivity contribution in [1.29, 1.82) is 0 Å². The number of benzene rings is 2. The molecule has 1 aliphatic heterocycles. The summed E-state index contributed by atoms with van der Waals surface area (Å²) in [4.78, 5) is 17.9. The number of hydrogen-bond acceptors (Lipinski definition) is 4. The van der Waals surface area contributed by atoms with Gasteiger partial charge in [0.25, 0.3) is 5.69 Å². The minimum Gasteiger partial charge on any atom is -0.310 e. The Morgan fingerprint density at radius 2 is 1.81 bits per heavy atom. The van der Waals surface area contributed by atoms with Crippen LogP contribution < -0.4 is 0 Å². The van der Waals surface area contributed by atoms with Gasteiger partial charge in [-0.05, 0) is 62.7 Å². The summed E-state index contributed by atoms with van der Waals surface area (Å²) in [7, 11) is 0. The number of nitro benzene ring substituents is 1. The first-order valence-electron chi connectivity index (χ1n) is 9.06. The zero-order valence-corrected chi connectivity index (χ0v) is 14.9. The van der Waals surface area contributed by atoms with E-state index in [2.05, 4.69) is 34.6 Å². The third-order valence-electron chi connectivity index (χ3n) is 5.03. The standard InChI is InChI=1S/C20H22N4O2/c1-15-5-10-19-18(13-15)21-20(16-6-8-17(9-7-16)24(25)26)23(19)14-22-11-3-2-4-12-22/h5-10,13H,2-4,11-12,14H2,1H3. The smallest absolute Gasteiger partial charge is 0.269 e. The highest BCUT2D eigenvalue weighted by Gasteiger charge is 2.18. The number of piperidine rings is 1. The highest BCUT2D eigenvalue weighted by molar-refractivity contribution is 5.81. The Morgan fingerprint density at radius 1 is 1.08 bits per heavy atom. The Hall–Kier alpha value is -2.73. The molecule has 134 valence electrons. The Labute approximate surface area is 152 Å². The summed E-state index contributed by atoms with van der Waals surface area (Å²) >= 11 is 0. The molecule has 0 bridgehead atoms. The Kier molecular flexibility index (Phi) is 4.42. The molecule has 6 heteroatoms. The second kappa shape index (κ2) is 6.88. The van der Waals surface area contributed by atoms with E-state index in [0.717, 1.165) is 42.2 Å². The lowest BCUT2D eigenvalue weighted by Crippen LogP contribution is -2.31. The van der Waals surface area contributed by atoms with Gasteiger partial charge in [0.05, 0.1) is 22.6 Å². The van der Waals surface area contributed by atoms with Crippen LogP contribution in [0.1, 0.15) is 24.8 Å². The molecule has 0 spiro atoms. The lowest BCUT2D eigenvalue weighted by Gasteiger charge is -2.27. The summed E-state index contributed by atoms with van der Waals surface area (Å²) in [5, 5.41) is 10.9. The van der Waals surface area contributed by atoms with E-state index in [1.165, 1.54) is 24.8 Å². The molecule has 0 atom stereocenters. The lowest BCUT2D eigenvalue weighted by molar-refractivity contribution is -0.384. The largest absolute Gasteiger partial charge is 0.310 e. The maximum absolute atomic E-state index is 10.9. The molecule has 0 N–H and O–H groups in total. The van der Waals surface area contributed by atoms with Gasteiger partial charge in [-0.25, -0.2) is 4.98 Å². The molecule has 1 aromatic heterocycles. The topological polar surface area (TPSA) is 64.2 Å². The van der Waals surface area contributed by atoms with Crippen LogP contribution in [0.25, 0.3) is 22.4 Å². The lowest BCUT2D eigenvalue weighted by atomic mass is 10.1. The predicted molar refractivity (Wildman–Crippen MR) is 102 cm³/mol. The summed E-state index contributed by atoms with van der Waals surface area (Å²) in [6.07, 6.45) is 3.77. The first-order chi connectivity index (χ1) is 12.6. The first kappa shape index (κ1) is 16.7. The number of aromatic nitrogens is 2. The van der Waals surface area contributed by atoms with Crippen molar-refractivity contribution in [2.24, 2.45) is 0 Å².